The maximum Gasteiger partial charge on any atom is 0.407 e. The number of ether oxygens (including phenoxy) is 1. The van der Waals surface area contributed by atoms with Crippen LogP contribution < -0.4 is 5.32 Å². The molecule has 2 fully saturated rings. The van der Waals surface area contributed by atoms with Crippen LogP contribution in [0.25, 0.3) is 0 Å². The number of hydrogen-bond donors (Lipinski definition) is 1. The van der Waals surface area contributed by atoms with Crippen molar-refractivity contribution in [2.75, 3.05) is 19.6 Å². The number of amides is 2. The van der Waals surface area contributed by atoms with Crippen LogP contribution in [0.4, 0.5) is 4.79 Å². The topological polar surface area (TPSA) is 58.6 Å². The van der Waals surface area contributed by atoms with Gasteiger partial charge in [0.1, 0.15) is 5.60 Å². The predicted molar refractivity (Wildman–Crippen MR) is 71.6 cm³/mol. The Morgan fingerprint density at radius 2 is 1.95 bits per heavy atom. The largest absolute Gasteiger partial charge is 0.444 e. The van der Waals surface area contributed by atoms with Crippen LogP contribution in [-0.2, 0) is 9.53 Å². The minimum Gasteiger partial charge on any atom is -0.444 e. The molecule has 0 radical (unpaired) electrons. The van der Waals surface area contributed by atoms with Crippen molar-refractivity contribution in [2.45, 2.75) is 45.6 Å². The van der Waals surface area contributed by atoms with Crippen molar-refractivity contribution in [3.63, 3.8) is 0 Å². The summed E-state index contributed by atoms with van der Waals surface area (Å²) in [5, 5.41) is 2.79. The van der Waals surface area contributed by atoms with Gasteiger partial charge in [-0.2, -0.15) is 0 Å². The highest BCUT2D eigenvalue weighted by molar-refractivity contribution is 5.81. The molecule has 1 N–H and O–H groups in total. The summed E-state index contributed by atoms with van der Waals surface area (Å²) in [5.41, 5.74) is -0.465. The number of rotatable bonds is 3. The van der Waals surface area contributed by atoms with E-state index in [9.17, 15) is 9.59 Å². The van der Waals surface area contributed by atoms with Crippen LogP contribution in [0.3, 0.4) is 0 Å². The van der Waals surface area contributed by atoms with E-state index in [0.29, 0.717) is 18.4 Å². The number of carbonyl (C=O) groups excluding carboxylic acids is 2. The highest BCUT2D eigenvalue weighted by atomic mass is 16.6. The summed E-state index contributed by atoms with van der Waals surface area (Å²) in [7, 11) is 0. The van der Waals surface area contributed by atoms with Crippen molar-refractivity contribution in [3.8, 4) is 0 Å². The lowest BCUT2D eigenvalue weighted by molar-refractivity contribution is -0.131. The average Bonchev–Trinajstić information content (AvgIpc) is 3.02. The van der Waals surface area contributed by atoms with Crippen LogP contribution in [0.15, 0.2) is 0 Å². The molecule has 1 saturated heterocycles. The minimum atomic E-state index is -0.465. The number of nitrogens with one attached hydrogen (secondary N) is 1. The Hall–Kier alpha value is -1.26. The molecule has 0 spiro atoms. The SMILES string of the molecule is CC(C)(C)OC(=O)NCC1CCN(C(=O)C2CC2)C1. The summed E-state index contributed by atoms with van der Waals surface area (Å²) in [6.07, 6.45) is 2.69. The molecule has 1 atom stereocenters. The molecule has 19 heavy (non-hydrogen) atoms. The number of carbonyl (C=O) groups is 2. The van der Waals surface area contributed by atoms with Crippen LogP contribution in [0.5, 0.6) is 0 Å². The van der Waals surface area contributed by atoms with E-state index in [2.05, 4.69) is 5.32 Å². The second-order valence-electron chi connectivity index (χ2n) is 6.60. The molecule has 1 unspecified atom stereocenters. The molecular formula is C14H24N2O3. The van der Waals surface area contributed by atoms with Gasteiger partial charge in [-0.25, -0.2) is 4.79 Å². The van der Waals surface area contributed by atoms with E-state index in [-0.39, 0.29) is 12.0 Å². The van der Waals surface area contributed by atoms with Gasteiger partial charge in [-0.05, 0) is 46.0 Å². The zero-order valence-corrected chi connectivity index (χ0v) is 12.1. The summed E-state index contributed by atoms with van der Waals surface area (Å²) in [6.45, 7) is 7.72. The van der Waals surface area contributed by atoms with Gasteiger partial charge in [-0.1, -0.05) is 0 Å². The van der Waals surface area contributed by atoms with Crippen LogP contribution in [-0.4, -0.2) is 42.1 Å². The Balaban J connectivity index is 1.67. The molecule has 108 valence electrons. The Bertz CT molecular complexity index is 358. The summed E-state index contributed by atoms with van der Waals surface area (Å²) in [5.74, 6) is 0.951. The van der Waals surface area contributed by atoms with Crippen molar-refractivity contribution >= 4 is 12.0 Å². The van der Waals surface area contributed by atoms with Crippen LogP contribution in [0.2, 0.25) is 0 Å². The van der Waals surface area contributed by atoms with Gasteiger partial charge in [-0.15, -0.1) is 0 Å². The zero-order valence-electron chi connectivity index (χ0n) is 12.1. The second kappa shape index (κ2) is 5.39. The predicted octanol–water partition coefficient (Wildman–Crippen LogP) is 1.77. The molecule has 1 aliphatic carbocycles. The molecule has 2 rings (SSSR count). The van der Waals surface area contributed by atoms with Gasteiger partial charge >= 0.3 is 6.09 Å². The fourth-order valence-electron chi connectivity index (χ4n) is 2.33. The second-order valence-corrected chi connectivity index (χ2v) is 6.60. The molecule has 2 amide bonds. The molecule has 1 saturated carbocycles. The first-order chi connectivity index (χ1) is 8.85. The first-order valence-electron chi connectivity index (χ1n) is 7.11. The number of nitrogens with zero attached hydrogens (tertiary/aromatic N) is 1. The molecule has 0 aromatic carbocycles. The summed E-state index contributed by atoms with van der Waals surface area (Å²) in [6, 6.07) is 0. The van der Waals surface area contributed by atoms with E-state index in [4.69, 9.17) is 4.74 Å². The van der Waals surface area contributed by atoms with Crippen molar-refractivity contribution < 1.29 is 14.3 Å². The van der Waals surface area contributed by atoms with E-state index in [0.717, 1.165) is 32.4 Å². The van der Waals surface area contributed by atoms with Crippen molar-refractivity contribution in [1.29, 1.82) is 0 Å². The fourth-order valence-corrected chi connectivity index (χ4v) is 2.33. The molecule has 1 heterocycles. The minimum absolute atomic E-state index is 0.289. The molecular weight excluding hydrogens is 244 g/mol. The van der Waals surface area contributed by atoms with Crippen molar-refractivity contribution in [2.24, 2.45) is 11.8 Å². The Kier molecular flexibility index (Phi) is 4.02. The van der Waals surface area contributed by atoms with E-state index >= 15 is 0 Å². The van der Waals surface area contributed by atoms with Gasteiger partial charge < -0.3 is 15.0 Å². The van der Waals surface area contributed by atoms with Gasteiger partial charge in [0.05, 0.1) is 0 Å². The molecule has 0 aromatic rings. The van der Waals surface area contributed by atoms with Gasteiger partial charge in [-0.3, -0.25) is 4.79 Å². The summed E-state index contributed by atoms with van der Waals surface area (Å²) in [4.78, 5) is 25.4. The number of likely N-dealkylation sites (tertiary alicyclic amines) is 1. The third-order valence-corrected chi connectivity index (χ3v) is 3.46. The fraction of sp³-hybridized carbons (Fsp3) is 0.857. The molecule has 5 heteroatoms. The Morgan fingerprint density at radius 3 is 2.53 bits per heavy atom. The molecule has 5 nitrogen and oxygen atoms in total. The lowest BCUT2D eigenvalue weighted by Gasteiger charge is -2.21. The van der Waals surface area contributed by atoms with E-state index in [1.165, 1.54) is 0 Å². The van der Waals surface area contributed by atoms with Crippen LogP contribution in [0.1, 0.15) is 40.0 Å². The monoisotopic (exact) mass is 268 g/mol. The van der Waals surface area contributed by atoms with E-state index in [1.54, 1.807) is 0 Å². The smallest absolute Gasteiger partial charge is 0.407 e. The molecule has 2 aliphatic rings. The number of alkyl carbamates (subject to hydrolysis) is 1. The summed E-state index contributed by atoms with van der Waals surface area (Å²) < 4.78 is 5.19. The van der Waals surface area contributed by atoms with Crippen molar-refractivity contribution in [3.05, 3.63) is 0 Å². The standard InChI is InChI=1S/C14H24N2O3/c1-14(2,3)19-13(18)15-8-10-6-7-16(9-10)12(17)11-4-5-11/h10-11H,4-9H2,1-3H3,(H,15,18). The van der Waals surface area contributed by atoms with Gasteiger partial charge in [0.2, 0.25) is 5.91 Å². The molecule has 0 aromatic heterocycles. The third kappa shape index (κ3) is 4.40. The van der Waals surface area contributed by atoms with Crippen LogP contribution >= 0.6 is 0 Å². The summed E-state index contributed by atoms with van der Waals surface area (Å²) >= 11 is 0. The normalized spacial score (nSPS) is 23.3. The Labute approximate surface area is 114 Å². The van der Waals surface area contributed by atoms with Crippen molar-refractivity contribution in [1.82, 2.24) is 10.2 Å². The molecule has 0 bridgehead atoms. The van der Waals surface area contributed by atoms with Crippen LogP contribution in [0, 0.1) is 11.8 Å². The van der Waals surface area contributed by atoms with Gasteiger partial charge in [0.15, 0.2) is 0 Å². The molecule has 1 aliphatic heterocycles. The maximum absolute atomic E-state index is 11.9. The highest BCUT2D eigenvalue weighted by Gasteiger charge is 2.36. The zero-order chi connectivity index (χ0) is 14.0. The van der Waals surface area contributed by atoms with E-state index < -0.39 is 5.60 Å². The average molecular weight is 268 g/mol. The van der Waals surface area contributed by atoms with Gasteiger partial charge in [0, 0.05) is 25.6 Å². The third-order valence-electron chi connectivity index (χ3n) is 3.46. The van der Waals surface area contributed by atoms with E-state index in [1.807, 2.05) is 25.7 Å². The highest BCUT2D eigenvalue weighted by Crippen LogP contribution is 2.32. The number of hydrogen-bond acceptors (Lipinski definition) is 3. The lowest BCUT2D eigenvalue weighted by atomic mass is 10.1. The van der Waals surface area contributed by atoms with Gasteiger partial charge in [0.25, 0.3) is 0 Å². The first kappa shape index (κ1) is 14.2. The maximum atomic E-state index is 11.9. The lowest BCUT2D eigenvalue weighted by Crippen LogP contribution is -2.36. The Morgan fingerprint density at radius 1 is 1.26 bits per heavy atom. The first-order valence-corrected chi connectivity index (χ1v) is 7.11. The quantitative estimate of drug-likeness (QED) is 0.848.